The second kappa shape index (κ2) is 4.99. The average Bonchev–Trinajstić information content (AvgIpc) is 2.53. The fourth-order valence-corrected chi connectivity index (χ4v) is 2.57. The van der Waals surface area contributed by atoms with E-state index in [-0.39, 0.29) is 0 Å². The molecule has 78 valence electrons. The zero-order valence-electron chi connectivity index (χ0n) is 9.64. The molecule has 0 saturated heterocycles. The summed E-state index contributed by atoms with van der Waals surface area (Å²) in [6.07, 6.45) is 5.85. The molecule has 0 aromatic carbocycles. The van der Waals surface area contributed by atoms with Gasteiger partial charge in [0, 0.05) is 12.1 Å². The van der Waals surface area contributed by atoms with Crippen LogP contribution >= 0.6 is 0 Å². The van der Waals surface area contributed by atoms with Crippen molar-refractivity contribution in [3.8, 4) is 0 Å². The maximum absolute atomic E-state index is 3.62. The molecule has 2 atom stereocenters. The van der Waals surface area contributed by atoms with Crippen LogP contribution in [0.15, 0.2) is 0 Å². The highest BCUT2D eigenvalue weighted by Crippen LogP contribution is 2.32. The van der Waals surface area contributed by atoms with Crippen LogP contribution in [-0.2, 0) is 0 Å². The van der Waals surface area contributed by atoms with Crippen LogP contribution < -0.4 is 5.32 Å². The molecule has 13 heavy (non-hydrogen) atoms. The van der Waals surface area contributed by atoms with Crippen molar-refractivity contribution >= 4 is 0 Å². The van der Waals surface area contributed by atoms with Crippen LogP contribution in [0.25, 0.3) is 0 Å². The van der Waals surface area contributed by atoms with Crippen molar-refractivity contribution in [2.45, 2.75) is 65.5 Å². The molecule has 0 spiro atoms. The predicted molar refractivity (Wildman–Crippen MR) is 58.9 cm³/mol. The molecule has 0 heterocycles. The molecule has 1 fully saturated rings. The Bertz CT molecular complexity index is 136. The molecule has 1 heteroatoms. The zero-order valence-corrected chi connectivity index (χ0v) is 9.64. The molecule has 1 aliphatic carbocycles. The number of rotatable bonds is 4. The molecule has 1 rings (SSSR count). The molecule has 0 aromatic rings. The van der Waals surface area contributed by atoms with Crippen molar-refractivity contribution < 1.29 is 0 Å². The lowest BCUT2D eigenvalue weighted by atomic mass is 9.87. The second-order valence-corrected chi connectivity index (χ2v) is 5.01. The second-order valence-electron chi connectivity index (χ2n) is 5.01. The van der Waals surface area contributed by atoms with Crippen molar-refractivity contribution in [3.63, 3.8) is 0 Å². The van der Waals surface area contributed by atoms with Crippen LogP contribution in [0.2, 0.25) is 0 Å². The Morgan fingerprint density at radius 1 is 1.00 bits per heavy atom. The minimum atomic E-state index is 0.624. The molecular weight excluding hydrogens is 158 g/mol. The Hall–Kier alpha value is -0.0400. The minimum Gasteiger partial charge on any atom is -0.312 e. The normalized spacial score (nSPS) is 23.8. The lowest BCUT2D eigenvalue weighted by molar-refractivity contribution is 0.273. The van der Waals surface area contributed by atoms with E-state index in [2.05, 4.69) is 33.0 Å². The van der Waals surface area contributed by atoms with Gasteiger partial charge in [-0.3, -0.25) is 0 Å². The van der Waals surface area contributed by atoms with Gasteiger partial charge in [-0.2, -0.15) is 0 Å². The maximum atomic E-state index is 3.62. The van der Waals surface area contributed by atoms with Gasteiger partial charge >= 0.3 is 0 Å². The third kappa shape index (κ3) is 3.30. The molecule has 1 nitrogen and oxygen atoms in total. The number of hydrogen-bond acceptors (Lipinski definition) is 1. The fraction of sp³-hybridized carbons (Fsp3) is 1.00. The van der Waals surface area contributed by atoms with Gasteiger partial charge in [0.2, 0.25) is 0 Å². The van der Waals surface area contributed by atoms with Crippen molar-refractivity contribution in [1.29, 1.82) is 0 Å². The fourth-order valence-electron chi connectivity index (χ4n) is 2.57. The summed E-state index contributed by atoms with van der Waals surface area (Å²) in [6.45, 7) is 9.22. The molecule has 0 bridgehead atoms. The van der Waals surface area contributed by atoms with Crippen molar-refractivity contribution in [2.75, 3.05) is 0 Å². The summed E-state index contributed by atoms with van der Waals surface area (Å²) in [6, 6.07) is 1.31. The van der Waals surface area contributed by atoms with Crippen molar-refractivity contribution in [3.05, 3.63) is 0 Å². The van der Waals surface area contributed by atoms with Crippen molar-refractivity contribution in [1.82, 2.24) is 5.32 Å². The molecular formula is C12H25N. The topological polar surface area (TPSA) is 12.0 Å². The molecule has 0 radical (unpaired) electrons. The third-order valence-electron chi connectivity index (χ3n) is 3.53. The Morgan fingerprint density at radius 2 is 1.54 bits per heavy atom. The van der Waals surface area contributed by atoms with Gasteiger partial charge in [0.15, 0.2) is 0 Å². The first-order valence-electron chi connectivity index (χ1n) is 5.87. The SMILES string of the molecule is CC(C)NC(C)C(C)C1CCCC1. The Balaban J connectivity index is 2.31. The van der Waals surface area contributed by atoms with Gasteiger partial charge in [-0.25, -0.2) is 0 Å². The van der Waals surface area contributed by atoms with E-state index < -0.39 is 0 Å². The van der Waals surface area contributed by atoms with Crippen LogP contribution in [0.4, 0.5) is 0 Å². The summed E-state index contributed by atoms with van der Waals surface area (Å²) < 4.78 is 0. The summed E-state index contributed by atoms with van der Waals surface area (Å²) in [5.41, 5.74) is 0. The van der Waals surface area contributed by atoms with Crippen LogP contribution in [0.1, 0.15) is 53.4 Å². The molecule has 1 N–H and O–H groups in total. The van der Waals surface area contributed by atoms with E-state index in [0.717, 1.165) is 11.8 Å². The summed E-state index contributed by atoms with van der Waals surface area (Å²) in [5, 5.41) is 3.62. The molecule has 0 aliphatic heterocycles. The first kappa shape index (κ1) is 11.0. The minimum absolute atomic E-state index is 0.624. The first-order chi connectivity index (χ1) is 6.11. The number of nitrogens with one attached hydrogen (secondary N) is 1. The number of hydrogen-bond donors (Lipinski definition) is 1. The summed E-state index contributed by atoms with van der Waals surface area (Å²) >= 11 is 0. The highest BCUT2D eigenvalue weighted by molar-refractivity contribution is 4.80. The summed E-state index contributed by atoms with van der Waals surface area (Å²) in [4.78, 5) is 0. The standard InChI is InChI=1S/C12H25N/c1-9(2)13-11(4)10(3)12-7-5-6-8-12/h9-13H,5-8H2,1-4H3. The smallest absolute Gasteiger partial charge is 0.00693 e. The van der Waals surface area contributed by atoms with Gasteiger partial charge in [-0.05, 0) is 18.8 Å². The zero-order chi connectivity index (χ0) is 9.84. The van der Waals surface area contributed by atoms with Crippen LogP contribution in [0.3, 0.4) is 0 Å². The molecule has 1 saturated carbocycles. The molecule has 1 aliphatic rings. The van der Waals surface area contributed by atoms with E-state index >= 15 is 0 Å². The maximum Gasteiger partial charge on any atom is 0.00693 e. The Kier molecular flexibility index (Phi) is 4.24. The molecule has 2 unspecified atom stereocenters. The summed E-state index contributed by atoms with van der Waals surface area (Å²) in [7, 11) is 0. The van der Waals surface area contributed by atoms with E-state index in [1.807, 2.05) is 0 Å². The van der Waals surface area contributed by atoms with E-state index in [9.17, 15) is 0 Å². The lowest BCUT2D eigenvalue weighted by Crippen LogP contribution is -2.39. The Labute approximate surface area is 83.3 Å². The van der Waals surface area contributed by atoms with E-state index in [1.165, 1.54) is 25.7 Å². The van der Waals surface area contributed by atoms with Crippen LogP contribution in [-0.4, -0.2) is 12.1 Å². The monoisotopic (exact) mass is 183 g/mol. The van der Waals surface area contributed by atoms with Crippen LogP contribution in [0.5, 0.6) is 0 Å². The van der Waals surface area contributed by atoms with Gasteiger partial charge in [0.05, 0.1) is 0 Å². The lowest BCUT2D eigenvalue weighted by Gasteiger charge is -2.28. The van der Waals surface area contributed by atoms with Gasteiger partial charge in [-0.1, -0.05) is 46.5 Å². The van der Waals surface area contributed by atoms with Crippen molar-refractivity contribution in [2.24, 2.45) is 11.8 Å². The first-order valence-corrected chi connectivity index (χ1v) is 5.87. The highest BCUT2D eigenvalue weighted by Gasteiger charge is 2.25. The van der Waals surface area contributed by atoms with Gasteiger partial charge in [0.25, 0.3) is 0 Å². The van der Waals surface area contributed by atoms with Gasteiger partial charge in [0.1, 0.15) is 0 Å². The largest absolute Gasteiger partial charge is 0.312 e. The molecule has 0 aromatic heterocycles. The van der Waals surface area contributed by atoms with E-state index in [4.69, 9.17) is 0 Å². The van der Waals surface area contributed by atoms with Crippen LogP contribution in [0, 0.1) is 11.8 Å². The quantitative estimate of drug-likeness (QED) is 0.706. The van der Waals surface area contributed by atoms with E-state index in [0.29, 0.717) is 12.1 Å². The average molecular weight is 183 g/mol. The predicted octanol–water partition coefficient (Wildman–Crippen LogP) is 3.20. The third-order valence-corrected chi connectivity index (χ3v) is 3.53. The van der Waals surface area contributed by atoms with E-state index in [1.54, 1.807) is 0 Å². The highest BCUT2D eigenvalue weighted by atomic mass is 14.9. The Morgan fingerprint density at radius 3 is 2.00 bits per heavy atom. The molecule has 0 amide bonds. The van der Waals surface area contributed by atoms with Gasteiger partial charge in [-0.15, -0.1) is 0 Å². The summed E-state index contributed by atoms with van der Waals surface area (Å²) in [5.74, 6) is 1.84. The van der Waals surface area contributed by atoms with Gasteiger partial charge < -0.3 is 5.32 Å².